The summed E-state index contributed by atoms with van der Waals surface area (Å²) in [7, 11) is 0. The summed E-state index contributed by atoms with van der Waals surface area (Å²) in [5.41, 5.74) is 1.92. The van der Waals surface area contributed by atoms with Crippen molar-refractivity contribution in [3.8, 4) is 11.5 Å². The number of carbonyl (C=O) groups is 1. The lowest BCUT2D eigenvalue weighted by Gasteiger charge is -2.25. The molecule has 0 fully saturated rings. The molecule has 0 aliphatic heterocycles. The summed E-state index contributed by atoms with van der Waals surface area (Å²) in [4.78, 5) is 16.8. The van der Waals surface area contributed by atoms with E-state index in [-0.39, 0.29) is 31.1 Å². The van der Waals surface area contributed by atoms with E-state index >= 15 is 0 Å². The van der Waals surface area contributed by atoms with Crippen LogP contribution >= 0.6 is 0 Å². The lowest BCUT2D eigenvalue weighted by molar-refractivity contribution is -0.136. The number of anilines is 2. The molecule has 158 valence electrons. The predicted molar refractivity (Wildman–Crippen MR) is 104 cm³/mol. The molecule has 0 spiro atoms. The number of nitrogens with zero attached hydrogens (tertiary/aromatic N) is 2. The van der Waals surface area contributed by atoms with Crippen LogP contribution in [0.1, 0.15) is 18.2 Å². The normalized spacial score (nSPS) is 10.8. The van der Waals surface area contributed by atoms with Crippen molar-refractivity contribution in [3.63, 3.8) is 0 Å². The summed E-state index contributed by atoms with van der Waals surface area (Å²) in [6.45, 7) is -0.704. The van der Waals surface area contributed by atoms with Gasteiger partial charge in [0.1, 0.15) is 5.76 Å². The molecule has 2 aromatic carbocycles. The van der Waals surface area contributed by atoms with Gasteiger partial charge in [-0.25, -0.2) is 4.98 Å². The van der Waals surface area contributed by atoms with Crippen LogP contribution in [0.4, 0.5) is 20.2 Å². The van der Waals surface area contributed by atoms with Gasteiger partial charge in [-0.1, -0.05) is 12.1 Å². The van der Waals surface area contributed by atoms with Crippen molar-refractivity contribution in [2.24, 2.45) is 0 Å². The van der Waals surface area contributed by atoms with Crippen molar-refractivity contribution in [1.82, 2.24) is 4.98 Å². The van der Waals surface area contributed by atoms with Crippen LogP contribution < -0.4 is 14.4 Å². The van der Waals surface area contributed by atoms with Crippen LogP contribution in [-0.4, -0.2) is 29.3 Å². The summed E-state index contributed by atoms with van der Waals surface area (Å²) < 4.78 is 40.8. The number of carboxylic acid groups (broad SMARTS) is 1. The van der Waals surface area contributed by atoms with E-state index in [2.05, 4.69) is 9.72 Å². The average molecular weight is 418 g/mol. The molecule has 0 unspecified atom stereocenters. The zero-order chi connectivity index (χ0) is 21.5. The van der Waals surface area contributed by atoms with E-state index in [9.17, 15) is 13.6 Å². The first-order valence-electron chi connectivity index (χ1n) is 9.13. The number of aromatic nitrogens is 1. The second kappa shape index (κ2) is 9.73. The summed E-state index contributed by atoms with van der Waals surface area (Å²) in [5, 5.41) is 9.09. The molecule has 3 rings (SSSR count). The van der Waals surface area contributed by atoms with Crippen LogP contribution in [0.3, 0.4) is 0 Å². The molecule has 0 saturated heterocycles. The molecule has 0 aliphatic rings. The van der Waals surface area contributed by atoms with Gasteiger partial charge < -0.3 is 23.9 Å². The van der Waals surface area contributed by atoms with Crippen LogP contribution in [0.2, 0.25) is 0 Å². The molecular weight excluding hydrogens is 398 g/mol. The van der Waals surface area contributed by atoms with E-state index in [0.29, 0.717) is 22.7 Å². The van der Waals surface area contributed by atoms with E-state index < -0.39 is 12.6 Å². The van der Waals surface area contributed by atoms with Gasteiger partial charge in [0.15, 0.2) is 17.9 Å². The Morgan fingerprint density at radius 3 is 2.67 bits per heavy atom. The van der Waals surface area contributed by atoms with Gasteiger partial charge in [0.05, 0.1) is 25.8 Å². The first kappa shape index (κ1) is 21.1. The molecule has 0 amide bonds. The Morgan fingerprint density at radius 1 is 1.20 bits per heavy atom. The molecule has 1 N–H and O–H groups in total. The van der Waals surface area contributed by atoms with E-state index in [1.807, 2.05) is 11.0 Å². The maximum absolute atomic E-state index is 12.7. The highest BCUT2D eigenvalue weighted by atomic mass is 19.3. The van der Waals surface area contributed by atoms with Gasteiger partial charge in [0, 0.05) is 17.4 Å². The van der Waals surface area contributed by atoms with Crippen LogP contribution in [-0.2, 0) is 17.8 Å². The molecule has 3 aromatic rings. The van der Waals surface area contributed by atoms with Gasteiger partial charge in [0.25, 0.3) is 0 Å². The first-order valence-corrected chi connectivity index (χ1v) is 9.13. The number of oxazole rings is 1. The molecule has 9 heteroatoms. The Bertz CT molecular complexity index is 979. The molecule has 0 saturated carbocycles. The quantitative estimate of drug-likeness (QED) is 0.513. The largest absolute Gasteiger partial charge is 0.490 e. The number of ether oxygens (including phenoxy) is 2. The number of alkyl halides is 2. The SMILES string of the molecule is CCOc1cc(N(Cc2cnco2)c2cccc(CC(=O)O)c2)ccc1OC(F)F. The zero-order valence-electron chi connectivity index (χ0n) is 16.1. The van der Waals surface area contributed by atoms with Crippen LogP contribution in [0.25, 0.3) is 0 Å². The number of benzene rings is 2. The standard InChI is InChI=1S/C21H20F2N2O5/c1-2-28-19-10-16(6-7-18(19)30-21(22)23)25(12-17-11-24-13-29-17)15-5-3-4-14(8-15)9-20(26)27/h3-8,10-11,13,21H,2,9,12H2,1H3,(H,26,27). The lowest BCUT2D eigenvalue weighted by atomic mass is 10.1. The highest BCUT2D eigenvalue weighted by Gasteiger charge is 2.18. The van der Waals surface area contributed by atoms with E-state index in [1.54, 1.807) is 43.5 Å². The van der Waals surface area contributed by atoms with Crippen LogP contribution in [0, 0.1) is 0 Å². The minimum absolute atomic E-state index is 0.0742. The summed E-state index contributed by atoms with van der Waals surface area (Å²) in [6.07, 6.45) is 2.74. The fourth-order valence-electron chi connectivity index (χ4n) is 2.94. The van der Waals surface area contributed by atoms with Crippen molar-refractivity contribution in [3.05, 3.63) is 66.4 Å². The summed E-state index contributed by atoms with van der Waals surface area (Å²) in [6, 6.07) is 11.6. The number of hydrogen-bond donors (Lipinski definition) is 1. The van der Waals surface area contributed by atoms with Crippen LogP contribution in [0.15, 0.2) is 59.5 Å². The molecule has 7 nitrogen and oxygen atoms in total. The Kier molecular flexibility index (Phi) is 6.84. The minimum atomic E-state index is -2.98. The maximum atomic E-state index is 12.7. The maximum Gasteiger partial charge on any atom is 0.387 e. The third kappa shape index (κ3) is 5.47. The fourth-order valence-corrected chi connectivity index (χ4v) is 2.94. The number of rotatable bonds is 10. The van der Waals surface area contributed by atoms with Crippen molar-refractivity contribution in [2.45, 2.75) is 26.5 Å². The van der Waals surface area contributed by atoms with E-state index in [4.69, 9.17) is 14.3 Å². The van der Waals surface area contributed by atoms with E-state index in [0.717, 1.165) is 0 Å². The minimum Gasteiger partial charge on any atom is -0.490 e. The molecule has 0 atom stereocenters. The lowest BCUT2D eigenvalue weighted by Crippen LogP contribution is -2.17. The van der Waals surface area contributed by atoms with Gasteiger partial charge in [0.2, 0.25) is 0 Å². The molecule has 0 aliphatic carbocycles. The number of aliphatic carboxylic acids is 1. The zero-order valence-corrected chi connectivity index (χ0v) is 16.1. The van der Waals surface area contributed by atoms with Gasteiger partial charge in [-0.05, 0) is 36.8 Å². The molecule has 0 bridgehead atoms. The van der Waals surface area contributed by atoms with Crippen molar-refractivity contribution >= 4 is 17.3 Å². The monoisotopic (exact) mass is 418 g/mol. The fraction of sp³-hybridized carbons (Fsp3) is 0.238. The van der Waals surface area contributed by atoms with Crippen molar-refractivity contribution < 1.29 is 32.6 Å². The smallest absolute Gasteiger partial charge is 0.387 e. The Labute approximate surface area is 171 Å². The number of carboxylic acids is 1. The Balaban J connectivity index is 2.02. The van der Waals surface area contributed by atoms with Gasteiger partial charge in [-0.3, -0.25) is 4.79 Å². The number of hydrogen-bond acceptors (Lipinski definition) is 6. The van der Waals surface area contributed by atoms with Gasteiger partial charge >= 0.3 is 12.6 Å². The third-order valence-corrected chi connectivity index (χ3v) is 4.13. The molecule has 0 radical (unpaired) electrons. The summed E-state index contributed by atoms with van der Waals surface area (Å²) >= 11 is 0. The average Bonchev–Trinajstić information content (AvgIpc) is 3.20. The highest BCUT2D eigenvalue weighted by Crippen LogP contribution is 2.36. The van der Waals surface area contributed by atoms with Gasteiger partial charge in [-0.2, -0.15) is 8.78 Å². The number of halogens is 2. The molecular formula is C21H20F2N2O5. The molecule has 1 aromatic heterocycles. The van der Waals surface area contributed by atoms with Crippen molar-refractivity contribution in [1.29, 1.82) is 0 Å². The summed E-state index contributed by atoms with van der Waals surface area (Å²) in [5.74, 6) is -0.292. The highest BCUT2D eigenvalue weighted by molar-refractivity contribution is 5.72. The Morgan fingerprint density at radius 2 is 2.00 bits per heavy atom. The van der Waals surface area contributed by atoms with Gasteiger partial charge in [-0.15, -0.1) is 0 Å². The third-order valence-electron chi connectivity index (χ3n) is 4.13. The van der Waals surface area contributed by atoms with Crippen LogP contribution in [0.5, 0.6) is 11.5 Å². The molecule has 1 heterocycles. The molecule has 30 heavy (non-hydrogen) atoms. The first-order chi connectivity index (χ1) is 14.5. The second-order valence-corrected chi connectivity index (χ2v) is 6.24. The second-order valence-electron chi connectivity index (χ2n) is 6.24. The van der Waals surface area contributed by atoms with E-state index in [1.165, 1.54) is 12.5 Å². The van der Waals surface area contributed by atoms with Crippen molar-refractivity contribution in [2.75, 3.05) is 11.5 Å². The Hall–Kier alpha value is -3.62. The predicted octanol–water partition coefficient (Wildman–Crippen LogP) is 4.64. The topological polar surface area (TPSA) is 85.0 Å².